The predicted octanol–water partition coefficient (Wildman–Crippen LogP) is 3.47. The van der Waals surface area contributed by atoms with Crippen LogP contribution in [0.1, 0.15) is 35.6 Å². The summed E-state index contributed by atoms with van der Waals surface area (Å²) in [4.78, 5) is 25.2. The van der Waals surface area contributed by atoms with Crippen molar-refractivity contribution in [1.82, 2.24) is 4.90 Å². The average Bonchev–Trinajstić information content (AvgIpc) is 2.68. The van der Waals surface area contributed by atoms with Crippen LogP contribution in [0.5, 0.6) is 0 Å². The lowest BCUT2D eigenvalue weighted by atomic mass is 9.95. The van der Waals surface area contributed by atoms with Crippen molar-refractivity contribution >= 4 is 11.9 Å². The lowest BCUT2D eigenvalue weighted by molar-refractivity contribution is -0.139. The van der Waals surface area contributed by atoms with Crippen LogP contribution in [0, 0.1) is 11.6 Å². The molecule has 1 aliphatic heterocycles. The zero-order chi connectivity index (χ0) is 20.1. The average molecular weight is 389 g/mol. The Hall–Kier alpha value is -2.80. The third-order valence-electron chi connectivity index (χ3n) is 4.76. The monoisotopic (exact) mass is 389 g/mol. The first kappa shape index (κ1) is 19.9. The van der Waals surface area contributed by atoms with Gasteiger partial charge in [0.2, 0.25) is 5.91 Å². The minimum atomic E-state index is -1.04. The summed E-state index contributed by atoms with van der Waals surface area (Å²) in [6.45, 7) is 0.479. The number of carbonyl (C=O) groups is 2. The molecule has 2 aromatic carbocycles. The molecule has 1 unspecified atom stereocenters. The first-order chi connectivity index (χ1) is 13.4. The predicted molar refractivity (Wildman–Crippen MR) is 97.5 cm³/mol. The molecule has 0 aliphatic carbocycles. The third-order valence-corrected chi connectivity index (χ3v) is 4.76. The third kappa shape index (κ3) is 4.92. The highest BCUT2D eigenvalue weighted by atomic mass is 19.2. The number of nitrogens with zero attached hydrogens (tertiary/aromatic N) is 1. The van der Waals surface area contributed by atoms with E-state index in [0.29, 0.717) is 12.2 Å². The maximum Gasteiger partial charge on any atom is 0.305 e. The Morgan fingerprint density at radius 1 is 1.14 bits per heavy atom. The van der Waals surface area contributed by atoms with Crippen LogP contribution in [0.2, 0.25) is 0 Å². The highest BCUT2D eigenvalue weighted by Gasteiger charge is 2.26. The Bertz CT molecular complexity index is 871. The fraction of sp³-hybridized carbons (Fsp3) is 0.333. The second-order valence-corrected chi connectivity index (χ2v) is 6.72. The van der Waals surface area contributed by atoms with Crippen LogP contribution in [-0.4, -0.2) is 35.0 Å². The van der Waals surface area contributed by atoms with Gasteiger partial charge in [-0.3, -0.25) is 9.59 Å². The quantitative estimate of drug-likeness (QED) is 0.788. The van der Waals surface area contributed by atoms with Crippen molar-refractivity contribution in [1.29, 1.82) is 0 Å². The topological polar surface area (TPSA) is 66.8 Å². The summed E-state index contributed by atoms with van der Waals surface area (Å²) in [7, 11) is 0. The van der Waals surface area contributed by atoms with Crippen molar-refractivity contribution in [3.8, 4) is 0 Å². The van der Waals surface area contributed by atoms with Gasteiger partial charge in [0.25, 0.3) is 0 Å². The number of carboxylic acids is 1. The van der Waals surface area contributed by atoms with Gasteiger partial charge in [-0.2, -0.15) is 0 Å². The molecule has 0 fully saturated rings. The molecule has 2 aromatic rings. The van der Waals surface area contributed by atoms with Crippen LogP contribution < -0.4 is 0 Å². The van der Waals surface area contributed by atoms with Crippen molar-refractivity contribution < 1.29 is 28.2 Å². The molecule has 1 N–H and O–H groups in total. The molecule has 5 nitrogen and oxygen atoms in total. The molecule has 7 heteroatoms. The second-order valence-electron chi connectivity index (χ2n) is 6.72. The van der Waals surface area contributed by atoms with E-state index in [1.807, 2.05) is 24.3 Å². The largest absolute Gasteiger partial charge is 0.481 e. The van der Waals surface area contributed by atoms with E-state index in [1.165, 1.54) is 11.0 Å². The van der Waals surface area contributed by atoms with E-state index in [1.54, 1.807) is 0 Å². The molecule has 0 aromatic heterocycles. The van der Waals surface area contributed by atoms with Gasteiger partial charge in [0.15, 0.2) is 11.6 Å². The molecule has 28 heavy (non-hydrogen) atoms. The van der Waals surface area contributed by atoms with E-state index in [9.17, 15) is 18.4 Å². The van der Waals surface area contributed by atoms with E-state index in [-0.39, 0.29) is 31.8 Å². The second kappa shape index (κ2) is 8.93. The van der Waals surface area contributed by atoms with Gasteiger partial charge in [-0.05, 0) is 35.2 Å². The van der Waals surface area contributed by atoms with E-state index in [2.05, 4.69) is 0 Å². The first-order valence-corrected chi connectivity index (χ1v) is 9.07. The minimum Gasteiger partial charge on any atom is -0.481 e. The Balaban J connectivity index is 1.75. The molecule has 0 radical (unpaired) electrons. The fourth-order valence-electron chi connectivity index (χ4n) is 3.31. The van der Waals surface area contributed by atoms with Gasteiger partial charge in [0, 0.05) is 13.1 Å². The molecule has 0 saturated heterocycles. The number of carbonyl (C=O) groups excluding carboxylic acids is 1. The highest BCUT2D eigenvalue weighted by molar-refractivity contribution is 5.78. The summed E-state index contributed by atoms with van der Waals surface area (Å²) in [6, 6.07) is 11.1. The van der Waals surface area contributed by atoms with Crippen LogP contribution in [0.25, 0.3) is 0 Å². The summed E-state index contributed by atoms with van der Waals surface area (Å²) in [6.07, 6.45) is 0.186. The number of aliphatic carboxylic acids is 1. The summed E-state index contributed by atoms with van der Waals surface area (Å²) in [5, 5.41) is 8.97. The first-order valence-electron chi connectivity index (χ1n) is 9.07. The summed E-state index contributed by atoms with van der Waals surface area (Å²) < 4.78 is 32.4. The number of fused-ring (bicyclic) bond motifs is 1. The minimum absolute atomic E-state index is 0.00230. The van der Waals surface area contributed by atoms with Crippen LogP contribution in [0.4, 0.5) is 8.78 Å². The van der Waals surface area contributed by atoms with Gasteiger partial charge >= 0.3 is 5.97 Å². The number of carboxylic acid groups (broad SMARTS) is 1. The SMILES string of the molecule is O=C(O)CCN(Cc1ccc(F)c(F)c1)C(=O)CC1OCCc2ccccc21. The van der Waals surface area contributed by atoms with Crippen molar-refractivity contribution in [2.75, 3.05) is 13.2 Å². The summed E-state index contributed by atoms with van der Waals surface area (Å²) in [5.41, 5.74) is 2.47. The van der Waals surface area contributed by atoms with Crippen LogP contribution in [0.3, 0.4) is 0 Å². The highest BCUT2D eigenvalue weighted by Crippen LogP contribution is 2.30. The Morgan fingerprint density at radius 2 is 1.93 bits per heavy atom. The molecule has 1 heterocycles. The molecule has 1 aliphatic rings. The van der Waals surface area contributed by atoms with Gasteiger partial charge < -0.3 is 14.7 Å². The summed E-state index contributed by atoms with van der Waals surface area (Å²) >= 11 is 0. The number of rotatable bonds is 7. The lowest BCUT2D eigenvalue weighted by Crippen LogP contribution is -2.34. The maximum atomic E-state index is 13.5. The Kier molecular flexibility index (Phi) is 6.36. The zero-order valence-electron chi connectivity index (χ0n) is 15.2. The maximum absolute atomic E-state index is 13.5. The molecular formula is C21H21F2NO4. The Labute approximate surface area is 161 Å². The van der Waals surface area contributed by atoms with Gasteiger partial charge in [-0.1, -0.05) is 30.3 Å². The van der Waals surface area contributed by atoms with Gasteiger partial charge in [0.05, 0.1) is 25.6 Å². The number of benzene rings is 2. The lowest BCUT2D eigenvalue weighted by Gasteiger charge is -2.29. The van der Waals surface area contributed by atoms with Crippen molar-refractivity contribution in [2.45, 2.75) is 31.9 Å². The van der Waals surface area contributed by atoms with Crippen molar-refractivity contribution in [3.63, 3.8) is 0 Å². The molecule has 1 amide bonds. The number of halogens is 2. The van der Waals surface area contributed by atoms with E-state index >= 15 is 0 Å². The fourth-order valence-corrected chi connectivity index (χ4v) is 3.31. The Morgan fingerprint density at radius 3 is 2.68 bits per heavy atom. The molecule has 148 valence electrons. The number of ether oxygens (including phenoxy) is 1. The normalized spacial score (nSPS) is 15.7. The molecule has 3 rings (SSSR count). The van der Waals surface area contributed by atoms with Gasteiger partial charge in [-0.15, -0.1) is 0 Å². The molecule has 0 bridgehead atoms. The molecule has 0 spiro atoms. The van der Waals surface area contributed by atoms with E-state index in [0.717, 1.165) is 29.7 Å². The van der Waals surface area contributed by atoms with E-state index in [4.69, 9.17) is 9.84 Å². The molecule has 0 saturated carbocycles. The van der Waals surface area contributed by atoms with Crippen molar-refractivity contribution in [3.05, 3.63) is 70.8 Å². The number of amides is 1. The van der Waals surface area contributed by atoms with Gasteiger partial charge in [0.1, 0.15) is 0 Å². The number of hydrogen-bond donors (Lipinski definition) is 1. The molecular weight excluding hydrogens is 368 g/mol. The van der Waals surface area contributed by atoms with Crippen LogP contribution >= 0.6 is 0 Å². The summed E-state index contributed by atoms with van der Waals surface area (Å²) in [5.74, 6) is -3.32. The van der Waals surface area contributed by atoms with Crippen LogP contribution in [0.15, 0.2) is 42.5 Å². The van der Waals surface area contributed by atoms with Crippen LogP contribution in [-0.2, 0) is 27.3 Å². The van der Waals surface area contributed by atoms with Gasteiger partial charge in [-0.25, -0.2) is 8.78 Å². The smallest absolute Gasteiger partial charge is 0.305 e. The standard InChI is InChI=1S/C21H21F2NO4/c22-17-6-5-14(11-18(17)23)13-24(9-7-21(26)27)20(25)12-19-16-4-2-1-3-15(16)8-10-28-19/h1-6,11,19H,7-10,12-13H2,(H,26,27). The molecule has 1 atom stereocenters. The number of hydrogen-bond acceptors (Lipinski definition) is 3. The van der Waals surface area contributed by atoms with Crippen molar-refractivity contribution in [2.24, 2.45) is 0 Å². The van der Waals surface area contributed by atoms with E-state index < -0.39 is 23.7 Å². The zero-order valence-corrected chi connectivity index (χ0v) is 15.2.